The number of carbonyl (C=O) groups excluding carboxylic acids is 2. The summed E-state index contributed by atoms with van der Waals surface area (Å²) in [5, 5.41) is 0. The number of amides is 2. The predicted molar refractivity (Wildman–Crippen MR) is 138 cm³/mol. The van der Waals surface area contributed by atoms with E-state index in [0.29, 0.717) is 13.1 Å². The zero-order valence-electron chi connectivity index (χ0n) is 20.7. The first kappa shape index (κ1) is 22.8. The average Bonchev–Trinajstić information content (AvgIpc) is 2.92. The van der Waals surface area contributed by atoms with Crippen LogP contribution in [0.5, 0.6) is 5.75 Å². The van der Waals surface area contributed by atoms with Crippen molar-refractivity contribution in [2.75, 3.05) is 7.05 Å². The van der Waals surface area contributed by atoms with E-state index in [0.717, 1.165) is 48.1 Å². The Morgan fingerprint density at radius 1 is 0.917 bits per heavy atom. The fraction of sp³-hybridized carbons (Fsp3) is 0.355. The number of nitrogens with zero attached hydrogens (tertiary/aromatic N) is 2. The lowest BCUT2D eigenvalue weighted by Crippen LogP contribution is -2.70. The standard InChI is InChI=1S/C31H32N2O3/c1-32-29(34)28(27-24-16-8-9-18-26(24)36-31(32)19-11-10-17-25(27)31)30(35)33(20-22-12-4-2-5-13-22)21-23-14-6-3-7-15-23/h2-9,12-16,18,25,27-28H,10-11,17,19-21H2,1H3/t25-,27+,28+,31+/m1/s1. The fourth-order valence-electron chi connectivity index (χ4n) is 6.72. The highest BCUT2D eigenvalue weighted by Crippen LogP contribution is 2.58. The first-order valence-electron chi connectivity index (χ1n) is 13.0. The van der Waals surface area contributed by atoms with Gasteiger partial charge in [-0.1, -0.05) is 85.3 Å². The van der Waals surface area contributed by atoms with Crippen molar-refractivity contribution in [3.8, 4) is 5.75 Å². The Hall–Kier alpha value is -3.60. The second-order valence-electron chi connectivity index (χ2n) is 10.4. The largest absolute Gasteiger partial charge is 0.467 e. The molecule has 0 radical (unpaired) electrons. The van der Waals surface area contributed by atoms with E-state index in [1.165, 1.54) is 0 Å². The molecule has 4 atom stereocenters. The van der Waals surface area contributed by atoms with Gasteiger partial charge in [0.1, 0.15) is 11.7 Å². The average molecular weight is 481 g/mol. The highest BCUT2D eigenvalue weighted by molar-refractivity contribution is 6.02. The third-order valence-electron chi connectivity index (χ3n) is 8.41. The number of hydrogen-bond acceptors (Lipinski definition) is 3. The van der Waals surface area contributed by atoms with Crippen LogP contribution in [-0.4, -0.2) is 34.4 Å². The summed E-state index contributed by atoms with van der Waals surface area (Å²) in [5.41, 5.74) is 2.45. The zero-order valence-corrected chi connectivity index (χ0v) is 20.7. The third-order valence-corrected chi connectivity index (χ3v) is 8.41. The second-order valence-corrected chi connectivity index (χ2v) is 10.4. The van der Waals surface area contributed by atoms with Gasteiger partial charge < -0.3 is 14.5 Å². The number of likely N-dealkylation sites (tertiary alicyclic amines) is 1. The van der Waals surface area contributed by atoms with Crippen LogP contribution in [0.15, 0.2) is 84.9 Å². The Morgan fingerprint density at radius 2 is 1.53 bits per heavy atom. The number of piperidine rings is 1. The van der Waals surface area contributed by atoms with Gasteiger partial charge in [0, 0.05) is 38.4 Å². The third kappa shape index (κ3) is 3.69. The lowest BCUT2D eigenvalue weighted by atomic mass is 9.61. The Labute approximate surface area is 212 Å². The van der Waals surface area contributed by atoms with Crippen LogP contribution in [-0.2, 0) is 22.7 Å². The maximum Gasteiger partial charge on any atom is 0.238 e. The molecule has 3 aliphatic rings. The Bertz CT molecular complexity index is 1220. The maximum absolute atomic E-state index is 14.5. The predicted octanol–water partition coefficient (Wildman–Crippen LogP) is 5.37. The monoisotopic (exact) mass is 480 g/mol. The SMILES string of the molecule is CN1C(=O)[C@@H](C(=O)N(Cc2ccccc2)Cc2ccccc2)[C@H]2c3ccccc3O[C@]13CCCC[C@H]23. The van der Waals surface area contributed by atoms with Crippen molar-refractivity contribution in [2.24, 2.45) is 11.8 Å². The van der Waals surface area contributed by atoms with Crippen LogP contribution in [0.4, 0.5) is 0 Å². The summed E-state index contributed by atoms with van der Waals surface area (Å²) in [4.78, 5) is 32.2. The number of para-hydroxylation sites is 1. The molecule has 1 aliphatic carbocycles. The molecule has 0 unspecified atom stereocenters. The van der Waals surface area contributed by atoms with Crippen molar-refractivity contribution < 1.29 is 14.3 Å². The van der Waals surface area contributed by atoms with Gasteiger partial charge in [-0.2, -0.15) is 0 Å². The van der Waals surface area contributed by atoms with Crippen molar-refractivity contribution in [1.82, 2.24) is 9.80 Å². The lowest BCUT2D eigenvalue weighted by molar-refractivity contribution is -0.203. The number of benzene rings is 3. The van der Waals surface area contributed by atoms with Crippen LogP contribution in [0.25, 0.3) is 0 Å². The molecule has 6 rings (SSSR count). The highest BCUT2D eigenvalue weighted by atomic mass is 16.5. The maximum atomic E-state index is 14.5. The summed E-state index contributed by atoms with van der Waals surface area (Å²) < 4.78 is 6.64. The quantitative estimate of drug-likeness (QED) is 0.462. The van der Waals surface area contributed by atoms with Gasteiger partial charge in [0.15, 0.2) is 5.72 Å². The molecule has 36 heavy (non-hydrogen) atoms. The minimum atomic E-state index is -0.760. The number of fused-ring (bicyclic) bond motifs is 2. The van der Waals surface area contributed by atoms with Crippen molar-refractivity contribution in [1.29, 1.82) is 0 Å². The van der Waals surface area contributed by atoms with Gasteiger partial charge in [-0.05, 0) is 35.6 Å². The molecule has 2 amide bonds. The molecule has 2 heterocycles. The Morgan fingerprint density at radius 3 is 2.19 bits per heavy atom. The number of rotatable bonds is 5. The summed E-state index contributed by atoms with van der Waals surface area (Å²) in [5.74, 6) is -0.239. The molecule has 3 aromatic rings. The second kappa shape index (κ2) is 9.12. The normalized spacial score (nSPS) is 26.4. The zero-order chi connectivity index (χ0) is 24.7. The van der Waals surface area contributed by atoms with Gasteiger partial charge in [-0.25, -0.2) is 0 Å². The summed E-state index contributed by atoms with van der Waals surface area (Å²) in [6.07, 6.45) is 3.88. The molecule has 5 nitrogen and oxygen atoms in total. The van der Waals surface area contributed by atoms with Gasteiger partial charge in [0.05, 0.1) is 0 Å². The highest BCUT2D eigenvalue weighted by Gasteiger charge is 2.63. The molecular formula is C31H32N2O3. The summed E-state index contributed by atoms with van der Waals surface area (Å²) in [7, 11) is 1.84. The van der Waals surface area contributed by atoms with E-state index in [2.05, 4.69) is 6.07 Å². The van der Waals surface area contributed by atoms with Crippen LogP contribution in [0, 0.1) is 11.8 Å². The molecule has 0 aromatic heterocycles. The molecule has 2 fully saturated rings. The van der Waals surface area contributed by atoms with E-state index in [-0.39, 0.29) is 23.7 Å². The van der Waals surface area contributed by atoms with Crippen molar-refractivity contribution >= 4 is 11.8 Å². The number of hydrogen-bond donors (Lipinski definition) is 0. The van der Waals surface area contributed by atoms with Crippen molar-refractivity contribution in [3.63, 3.8) is 0 Å². The van der Waals surface area contributed by atoms with Gasteiger partial charge in [0.2, 0.25) is 11.8 Å². The molecule has 2 aliphatic heterocycles. The molecule has 184 valence electrons. The molecule has 3 aromatic carbocycles. The first-order valence-corrected chi connectivity index (χ1v) is 13.0. The summed E-state index contributed by atoms with van der Waals surface area (Å²) in [6.45, 7) is 0.922. The van der Waals surface area contributed by atoms with Gasteiger partial charge >= 0.3 is 0 Å². The number of ether oxygens (including phenoxy) is 1. The summed E-state index contributed by atoms with van der Waals surface area (Å²) >= 11 is 0. The van der Waals surface area contributed by atoms with Crippen LogP contribution in [0.2, 0.25) is 0 Å². The van der Waals surface area contributed by atoms with E-state index in [1.807, 2.05) is 90.8 Å². The molecule has 5 heteroatoms. The molecule has 0 N–H and O–H groups in total. The minimum Gasteiger partial charge on any atom is -0.467 e. The lowest BCUT2D eigenvalue weighted by Gasteiger charge is -2.60. The summed E-state index contributed by atoms with van der Waals surface area (Å²) in [6, 6.07) is 28.1. The molecule has 2 bridgehead atoms. The van der Waals surface area contributed by atoms with Crippen LogP contribution in [0.3, 0.4) is 0 Å². The van der Waals surface area contributed by atoms with Crippen molar-refractivity contribution in [2.45, 2.75) is 50.4 Å². The van der Waals surface area contributed by atoms with E-state index in [9.17, 15) is 9.59 Å². The fourth-order valence-corrected chi connectivity index (χ4v) is 6.72. The van der Waals surface area contributed by atoms with E-state index < -0.39 is 11.6 Å². The van der Waals surface area contributed by atoms with Crippen molar-refractivity contribution in [3.05, 3.63) is 102 Å². The molecule has 1 saturated carbocycles. The van der Waals surface area contributed by atoms with E-state index in [1.54, 1.807) is 4.90 Å². The van der Waals surface area contributed by atoms with Crippen LogP contribution >= 0.6 is 0 Å². The van der Waals surface area contributed by atoms with E-state index in [4.69, 9.17) is 4.74 Å². The number of carbonyl (C=O) groups is 2. The molecule has 1 saturated heterocycles. The van der Waals surface area contributed by atoms with Gasteiger partial charge in [-0.15, -0.1) is 0 Å². The Kier molecular flexibility index (Phi) is 5.79. The molecular weight excluding hydrogens is 448 g/mol. The Balaban J connectivity index is 1.43. The van der Waals surface area contributed by atoms with Crippen LogP contribution in [0.1, 0.15) is 48.3 Å². The van der Waals surface area contributed by atoms with Gasteiger partial charge in [0.25, 0.3) is 0 Å². The minimum absolute atomic E-state index is 0.0968. The van der Waals surface area contributed by atoms with E-state index >= 15 is 0 Å². The van der Waals surface area contributed by atoms with Crippen LogP contribution < -0.4 is 4.74 Å². The molecule has 0 spiro atoms. The topological polar surface area (TPSA) is 49.9 Å². The van der Waals surface area contributed by atoms with Gasteiger partial charge in [-0.3, -0.25) is 9.59 Å². The first-order chi connectivity index (χ1) is 17.6. The smallest absolute Gasteiger partial charge is 0.238 e.